The number of nitrogens with one attached hydrogen (secondary N) is 2. The first-order valence-electron chi connectivity index (χ1n) is 13.5. The summed E-state index contributed by atoms with van der Waals surface area (Å²) in [5, 5.41) is 17.7. The normalized spacial score (nSPS) is 17.4. The van der Waals surface area contributed by atoms with E-state index in [2.05, 4.69) is 79.0 Å². The molecule has 2 aromatic carbocycles. The van der Waals surface area contributed by atoms with E-state index in [1.54, 1.807) is 11.3 Å². The Balaban J connectivity index is 1.38. The summed E-state index contributed by atoms with van der Waals surface area (Å²) in [5.41, 5.74) is 5.61. The third-order valence-corrected chi connectivity index (χ3v) is 8.28. The maximum atomic E-state index is 9.40. The fraction of sp³-hybridized carbons (Fsp3) is 0.433. The minimum absolute atomic E-state index is 0.261. The third kappa shape index (κ3) is 6.67. The zero-order chi connectivity index (χ0) is 26.5. The molecule has 1 aliphatic carbocycles. The van der Waals surface area contributed by atoms with Gasteiger partial charge in [-0.1, -0.05) is 36.4 Å². The molecule has 7 nitrogen and oxygen atoms in total. The topological polar surface area (TPSA) is 86.2 Å². The van der Waals surface area contributed by atoms with Crippen molar-refractivity contribution in [2.24, 2.45) is 5.92 Å². The molecule has 200 valence electrons. The van der Waals surface area contributed by atoms with Gasteiger partial charge in [0, 0.05) is 43.4 Å². The van der Waals surface area contributed by atoms with Crippen molar-refractivity contribution in [3.05, 3.63) is 75.9 Å². The molecule has 2 aromatic heterocycles. The molecular formula is C30H38N6OS. The van der Waals surface area contributed by atoms with Gasteiger partial charge in [-0.25, -0.2) is 9.97 Å². The molecule has 0 aliphatic heterocycles. The van der Waals surface area contributed by atoms with Crippen LogP contribution in [0.15, 0.2) is 48.5 Å². The lowest BCUT2D eigenvalue weighted by molar-refractivity contribution is 0.258. The number of benzene rings is 2. The summed E-state index contributed by atoms with van der Waals surface area (Å²) in [7, 11) is 4.17. The summed E-state index contributed by atoms with van der Waals surface area (Å²) in [6, 6.07) is 17.3. The van der Waals surface area contributed by atoms with Gasteiger partial charge in [0.15, 0.2) is 0 Å². The Labute approximate surface area is 229 Å². The van der Waals surface area contributed by atoms with Crippen LogP contribution in [0, 0.1) is 12.8 Å². The van der Waals surface area contributed by atoms with Gasteiger partial charge in [0.25, 0.3) is 0 Å². The summed E-state index contributed by atoms with van der Waals surface area (Å²) >= 11 is 1.74. The fourth-order valence-electron chi connectivity index (χ4n) is 5.38. The van der Waals surface area contributed by atoms with Crippen molar-refractivity contribution >= 4 is 33.3 Å². The van der Waals surface area contributed by atoms with E-state index in [1.165, 1.54) is 15.8 Å². The van der Waals surface area contributed by atoms with Gasteiger partial charge >= 0.3 is 0 Å². The number of aromatic nitrogens is 3. The number of anilines is 2. The number of aryl methyl sites for hydroxylation is 1. The SMILES string of the molecule is Cc1nc(NCc2cccc(CN(C)C)c2)nc(N[C@H]2CCC(CCO)C2)c1Cc1nc2ccccc2s1. The van der Waals surface area contributed by atoms with E-state index in [-0.39, 0.29) is 6.61 Å². The van der Waals surface area contributed by atoms with Gasteiger partial charge in [-0.3, -0.25) is 0 Å². The molecule has 0 saturated heterocycles. The van der Waals surface area contributed by atoms with Crippen LogP contribution < -0.4 is 10.6 Å². The molecule has 2 atom stereocenters. The number of thiazole rings is 1. The van der Waals surface area contributed by atoms with Crippen LogP contribution in [0.1, 0.15) is 53.1 Å². The zero-order valence-electron chi connectivity index (χ0n) is 22.6. The number of hydrogen-bond acceptors (Lipinski definition) is 8. The maximum absolute atomic E-state index is 9.40. The highest BCUT2D eigenvalue weighted by Gasteiger charge is 2.26. The number of fused-ring (bicyclic) bond motifs is 1. The average molecular weight is 531 g/mol. The predicted molar refractivity (Wildman–Crippen MR) is 157 cm³/mol. The minimum atomic E-state index is 0.261. The second-order valence-electron chi connectivity index (χ2n) is 10.7. The zero-order valence-corrected chi connectivity index (χ0v) is 23.4. The summed E-state index contributed by atoms with van der Waals surface area (Å²) < 4.78 is 1.20. The van der Waals surface area contributed by atoms with Crippen molar-refractivity contribution in [1.29, 1.82) is 0 Å². The molecule has 1 aliphatic rings. The molecule has 2 heterocycles. The highest BCUT2D eigenvalue weighted by Crippen LogP contribution is 2.33. The van der Waals surface area contributed by atoms with Crippen molar-refractivity contribution in [1.82, 2.24) is 19.9 Å². The van der Waals surface area contributed by atoms with E-state index < -0.39 is 0 Å². The molecule has 0 spiro atoms. The van der Waals surface area contributed by atoms with E-state index in [4.69, 9.17) is 15.0 Å². The van der Waals surface area contributed by atoms with Crippen LogP contribution in [0.5, 0.6) is 0 Å². The monoisotopic (exact) mass is 530 g/mol. The molecule has 1 fully saturated rings. The molecule has 38 heavy (non-hydrogen) atoms. The van der Waals surface area contributed by atoms with Crippen molar-refractivity contribution in [2.75, 3.05) is 31.3 Å². The van der Waals surface area contributed by atoms with Crippen LogP contribution in [0.3, 0.4) is 0 Å². The number of aliphatic hydroxyl groups is 1. The lowest BCUT2D eigenvalue weighted by atomic mass is 10.0. The minimum Gasteiger partial charge on any atom is -0.396 e. The molecular weight excluding hydrogens is 492 g/mol. The van der Waals surface area contributed by atoms with E-state index in [9.17, 15) is 5.11 Å². The van der Waals surface area contributed by atoms with Crippen LogP contribution in [-0.4, -0.2) is 51.7 Å². The van der Waals surface area contributed by atoms with Gasteiger partial charge in [-0.05, 0) is 75.9 Å². The molecule has 1 saturated carbocycles. The van der Waals surface area contributed by atoms with E-state index in [0.29, 0.717) is 30.9 Å². The highest BCUT2D eigenvalue weighted by atomic mass is 32.1. The Morgan fingerprint density at radius 3 is 2.68 bits per heavy atom. The smallest absolute Gasteiger partial charge is 0.225 e. The summed E-state index contributed by atoms with van der Waals surface area (Å²) in [6.45, 7) is 3.91. The summed E-state index contributed by atoms with van der Waals surface area (Å²) in [5.74, 6) is 2.11. The maximum Gasteiger partial charge on any atom is 0.225 e. The highest BCUT2D eigenvalue weighted by molar-refractivity contribution is 7.18. The van der Waals surface area contributed by atoms with Crippen LogP contribution in [-0.2, 0) is 19.5 Å². The summed E-state index contributed by atoms with van der Waals surface area (Å²) in [4.78, 5) is 16.9. The number of hydrogen-bond donors (Lipinski definition) is 3. The fourth-order valence-corrected chi connectivity index (χ4v) is 6.36. The van der Waals surface area contributed by atoms with Gasteiger partial charge < -0.3 is 20.6 Å². The molecule has 5 rings (SSSR count). The molecule has 4 aromatic rings. The molecule has 0 amide bonds. The van der Waals surface area contributed by atoms with Crippen LogP contribution >= 0.6 is 11.3 Å². The van der Waals surface area contributed by atoms with Crippen molar-refractivity contribution < 1.29 is 5.11 Å². The molecule has 8 heteroatoms. The molecule has 0 radical (unpaired) electrons. The second kappa shape index (κ2) is 12.2. The summed E-state index contributed by atoms with van der Waals surface area (Å²) in [6.07, 6.45) is 4.87. The van der Waals surface area contributed by atoms with Gasteiger partial charge in [0.05, 0.1) is 15.2 Å². The average Bonchev–Trinajstić information content (AvgIpc) is 3.51. The van der Waals surface area contributed by atoms with Gasteiger partial charge in [-0.15, -0.1) is 11.3 Å². The van der Waals surface area contributed by atoms with Gasteiger partial charge in [-0.2, -0.15) is 4.98 Å². The van der Waals surface area contributed by atoms with Crippen LogP contribution in [0.25, 0.3) is 10.2 Å². The standard InChI is InChI=1S/C30H38N6OS/c1-20-25(17-28-34-26-9-4-5-10-27(26)38-28)29(33-24-12-11-21(16-24)13-14-37)35-30(32-20)31-18-22-7-6-8-23(15-22)19-36(2)3/h4-10,15,21,24,37H,11-14,16-19H2,1-3H3,(H2,31,32,33,35)/t21?,24-/m0/s1. The number of para-hydroxylation sites is 1. The number of rotatable bonds is 11. The van der Waals surface area contributed by atoms with E-state index >= 15 is 0 Å². The van der Waals surface area contributed by atoms with Crippen LogP contribution in [0.2, 0.25) is 0 Å². The molecule has 1 unspecified atom stereocenters. The molecule has 3 N–H and O–H groups in total. The Morgan fingerprint density at radius 2 is 1.87 bits per heavy atom. The first-order valence-corrected chi connectivity index (χ1v) is 14.3. The number of aliphatic hydroxyl groups excluding tert-OH is 1. The first kappa shape index (κ1) is 26.5. The van der Waals surface area contributed by atoms with Gasteiger partial charge in [0.2, 0.25) is 5.95 Å². The van der Waals surface area contributed by atoms with Crippen molar-refractivity contribution in [2.45, 2.75) is 58.2 Å². The Bertz CT molecular complexity index is 1340. The van der Waals surface area contributed by atoms with Gasteiger partial charge in [0.1, 0.15) is 5.82 Å². The Kier molecular flexibility index (Phi) is 8.51. The van der Waals surface area contributed by atoms with Crippen molar-refractivity contribution in [3.63, 3.8) is 0 Å². The predicted octanol–water partition coefficient (Wildman–Crippen LogP) is 5.62. The number of nitrogens with zero attached hydrogens (tertiary/aromatic N) is 4. The lowest BCUT2D eigenvalue weighted by Gasteiger charge is -2.19. The Morgan fingerprint density at radius 1 is 1.03 bits per heavy atom. The first-order chi connectivity index (χ1) is 18.5. The van der Waals surface area contributed by atoms with E-state index in [1.807, 2.05) is 6.07 Å². The van der Waals surface area contributed by atoms with Crippen LogP contribution in [0.4, 0.5) is 11.8 Å². The lowest BCUT2D eigenvalue weighted by Crippen LogP contribution is -2.20. The second-order valence-corrected chi connectivity index (χ2v) is 11.8. The Hall–Kier alpha value is -3.07. The largest absolute Gasteiger partial charge is 0.396 e. The third-order valence-electron chi connectivity index (χ3n) is 7.24. The molecule has 0 bridgehead atoms. The van der Waals surface area contributed by atoms with E-state index in [0.717, 1.165) is 59.8 Å². The quantitative estimate of drug-likeness (QED) is 0.232. The van der Waals surface area contributed by atoms with Crippen molar-refractivity contribution in [3.8, 4) is 0 Å².